The van der Waals surface area contributed by atoms with Crippen LogP contribution >= 0.6 is 0 Å². The zero-order valence-electron chi connectivity index (χ0n) is 10.8. The van der Waals surface area contributed by atoms with Crippen molar-refractivity contribution in [2.45, 2.75) is 32.2 Å². The second-order valence-electron chi connectivity index (χ2n) is 5.20. The van der Waals surface area contributed by atoms with Gasteiger partial charge in [0, 0.05) is 18.8 Å². The second-order valence-corrected chi connectivity index (χ2v) is 5.20. The van der Waals surface area contributed by atoms with Crippen molar-refractivity contribution in [3.05, 3.63) is 29.8 Å². The molecule has 0 spiro atoms. The van der Waals surface area contributed by atoms with Crippen LogP contribution in [0.25, 0.3) is 0 Å². The van der Waals surface area contributed by atoms with E-state index < -0.39 is 0 Å². The predicted octanol–water partition coefficient (Wildman–Crippen LogP) is 2.28. The third kappa shape index (κ3) is 3.27. The maximum atomic E-state index is 13.1. The molecule has 3 unspecified atom stereocenters. The molecule has 0 amide bonds. The highest BCUT2D eigenvalue weighted by molar-refractivity contribution is 5.14. The lowest BCUT2D eigenvalue weighted by atomic mass is 9.96. The fraction of sp³-hybridized carbons (Fsp3) is 0.643. The van der Waals surface area contributed by atoms with Gasteiger partial charge in [-0.05, 0) is 49.8 Å². The van der Waals surface area contributed by atoms with Crippen LogP contribution in [0.2, 0.25) is 0 Å². The van der Waals surface area contributed by atoms with Crippen LogP contribution in [0.4, 0.5) is 4.39 Å². The first-order valence-corrected chi connectivity index (χ1v) is 6.65. The number of hydrogen-bond donors (Lipinski definition) is 2. The van der Waals surface area contributed by atoms with Crippen molar-refractivity contribution >= 4 is 0 Å². The molecular weight excluding hydrogens is 231 g/mol. The van der Waals surface area contributed by atoms with E-state index in [1.54, 1.807) is 6.20 Å². The van der Waals surface area contributed by atoms with Gasteiger partial charge in [-0.1, -0.05) is 6.42 Å². The Morgan fingerprint density at radius 2 is 2.22 bits per heavy atom. The zero-order valence-corrected chi connectivity index (χ0v) is 10.8. The molecule has 100 valence electrons. The molecule has 1 aliphatic carbocycles. The van der Waals surface area contributed by atoms with E-state index >= 15 is 0 Å². The number of nitrogens with one attached hydrogen (secondary N) is 1. The summed E-state index contributed by atoms with van der Waals surface area (Å²) in [6.45, 7) is 3.17. The average Bonchev–Trinajstić information content (AvgIpc) is 2.83. The summed E-state index contributed by atoms with van der Waals surface area (Å²) < 4.78 is 13.1. The molecule has 18 heavy (non-hydrogen) atoms. The summed E-state index contributed by atoms with van der Waals surface area (Å²) in [7, 11) is 0. The lowest BCUT2D eigenvalue weighted by Gasteiger charge is -2.21. The summed E-state index contributed by atoms with van der Waals surface area (Å²) in [5.74, 6) is 0.671. The van der Waals surface area contributed by atoms with E-state index in [1.807, 2.05) is 6.92 Å². The molecule has 1 fully saturated rings. The van der Waals surface area contributed by atoms with Gasteiger partial charge >= 0.3 is 0 Å². The molecule has 2 rings (SSSR count). The maximum absolute atomic E-state index is 13.1. The highest BCUT2D eigenvalue weighted by Crippen LogP contribution is 2.31. The number of nitrogens with zero attached hydrogens (tertiary/aromatic N) is 1. The van der Waals surface area contributed by atoms with Gasteiger partial charge in [-0.15, -0.1) is 0 Å². The Kier molecular flexibility index (Phi) is 4.66. The summed E-state index contributed by atoms with van der Waals surface area (Å²) in [6, 6.07) is 1.61. The van der Waals surface area contributed by atoms with Gasteiger partial charge in [-0.25, -0.2) is 4.39 Å². The number of aliphatic hydroxyl groups is 1. The molecule has 0 aromatic carbocycles. The first-order valence-electron chi connectivity index (χ1n) is 6.65. The molecule has 0 radical (unpaired) electrons. The van der Waals surface area contributed by atoms with Crippen molar-refractivity contribution < 1.29 is 9.50 Å². The van der Waals surface area contributed by atoms with Crippen molar-refractivity contribution in [2.24, 2.45) is 11.8 Å². The number of aliphatic hydroxyl groups excluding tert-OH is 1. The van der Waals surface area contributed by atoms with Gasteiger partial charge in [0.25, 0.3) is 0 Å². The lowest BCUT2D eigenvalue weighted by molar-refractivity contribution is 0.190. The Balaban J connectivity index is 1.86. The summed E-state index contributed by atoms with van der Waals surface area (Å²) in [6.07, 6.45) is 6.41. The largest absolute Gasteiger partial charge is 0.396 e. The smallest absolute Gasteiger partial charge is 0.141 e. The molecule has 0 aliphatic heterocycles. The molecule has 1 aromatic heterocycles. The van der Waals surface area contributed by atoms with E-state index in [0.717, 1.165) is 18.5 Å². The van der Waals surface area contributed by atoms with Crippen LogP contribution in [-0.4, -0.2) is 23.2 Å². The Labute approximate surface area is 107 Å². The minimum atomic E-state index is -0.296. The van der Waals surface area contributed by atoms with Crippen LogP contribution < -0.4 is 5.32 Å². The number of pyridine rings is 1. The Bertz CT molecular complexity index is 386. The fourth-order valence-electron chi connectivity index (χ4n) is 2.73. The first kappa shape index (κ1) is 13.4. The number of aromatic nitrogens is 1. The summed E-state index contributed by atoms with van der Waals surface area (Å²) in [5, 5.41) is 12.7. The fourth-order valence-corrected chi connectivity index (χ4v) is 2.73. The molecule has 1 aromatic rings. The van der Waals surface area contributed by atoms with Crippen molar-refractivity contribution in [2.75, 3.05) is 13.2 Å². The standard InChI is InChI=1S/C14H21FN2O/c1-10(13-5-14(15)8-16-6-13)17-7-11-3-2-4-12(11)9-18/h5-6,8,10-12,17-18H,2-4,7,9H2,1H3. The Morgan fingerprint density at radius 3 is 2.94 bits per heavy atom. The number of rotatable bonds is 5. The molecule has 1 heterocycles. The van der Waals surface area contributed by atoms with Crippen LogP contribution in [0.3, 0.4) is 0 Å². The number of halogens is 1. The van der Waals surface area contributed by atoms with Gasteiger partial charge in [-0.2, -0.15) is 0 Å². The third-order valence-electron chi connectivity index (χ3n) is 3.96. The van der Waals surface area contributed by atoms with Crippen molar-refractivity contribution in [1.82, 2.24) is 10.3 Å². The topological polar surface area (TPSA) is 45.1 Å². The Morgan fingerprint density at radius 1 is 1.44 bits per heavy atom. The van der Waals surface area contributed by atoms with Crippen molar-refractivity contribution in [3.63, 3.8) is 0 Å². The van der Waals surface area contributed by atoms with Crippen molar-refractivity contribution in [1.29, 1.82) is 0 Å². The van der Waals surface area contributed by atoms with Crippen LogP contribution in [0, 0.1) is 17.7 Å². The zero-order chi connectivity index (χ0) is 13.0. The molecule has 3 atom stereocenters. The van der Waals surface area contributed by atoms with Gasteiger partial charge in [0.05, 0.1) is 6.20 Å². The van der Waals surface area contributed by atoms with Crippen LogP contribution in [0.15, 0.2) is 18.5 Å². The van der Waals surface area contributed by atoms with Gasteiger partial charge in [-0.3, -0.25) is 4.98 Å². The molecule has 4 heteroatoms. The SMILES string of the molecule is CC(NCC1CCCC1CO)c1cncc(F)c1. The average molecular weight is 252 g/mol. The van der Waals surface area contributed by atoms with E-state index in [0.29, 0.717) is 11.8 Å². The summed E-state index contributed by atoms with van der Waals surface area (Å²) in [4.78, 5) is 3.86. The molecular formula is C14H21FN2O. The monoisotopic (exact) mass is 252 g/mol. The van der Waals surface area contributed by atoms with Gasteiger partial charge in [0.2, 0.25) is 0 Å². The highest BCUT2D eigenvalue weighted by atomic mass is 19.1. The molecule has 3 nitrogen and oxygen atoms in total. The number of hydrogen-bond acceptors (Lipinski definition) is 3. The first-order chi connectivity index (χ1) is 8.70. The van der Waals surface area contributed by atoms with Gasteiger partial charge in [0.1, 0.15) is 5.82 Å². The van der Waals surface area contributed by atoms with E-state index in [-0.39, 0.29) is 18.5 Å². The van der Waals surface area contributed by atoms with Crippen LogP contribution in [0.5, 0.6) is 0 Å². The van der Waals surface area contributed by atoms with Crippen molar-refractivity contribution in [3.8, 4) is 0 Å². The van der Waals surface area contributed by atoms with E-state index in [1.165, 1.54) is 25.1 Å². The second kappa shape index (κ2) is 6.25. The molecule has 0 saturated heterocycles. The molecule has 0 bridgehead atoms. The normalized spacial score (nSPS) is 25.3. The molecule has 2 N–H and O–H groups in total. The van der Waals surface area contributed by atoms with E-state index in [4.69, 9.17) is 0 Å². The third-order valence-corrected chi connectivity index (χ3v) is 3.96. The minimum Gasteiger partial charge on any atom is -0.396 e. The Hall–Kier alpha value is -1.00. The highest BCUT2D eigenvalue weighted by Gasteiger charge is 2.26. The minimum absolute atomic E-state index is 0.0909. The summed E-state index contributed by atoms with van der Waals surface area (Å²) in [5.41, 5.74) is 0.869. The molecule has 1 saturated carbocycles. The van der Waals surface area contributed by atoms with E-state index in [2.05, 4.69) is 10.3 Å². The maximum Gasteiger partial charge on any atom is 0.141 e. The summed E-state index contributed by atoms with van der Waals surface area (Å²) >= 11 is 0. The van der Waals surface area contributed by atoms with E-state index in [9.17, 15) is 9.50 Å². The predicted molar refractivity (Wildman–Crippen MR) is 68.5 cm³/mol. The van der Waals surface area contributed by atoms with Crippen LogP contribution in [-0.2, 0) is 0 Å². The van der Waals surface area contributed by atoms with Gasteiger partial charge < -0.3 is 10.4 Å². The lowest BCUT2D eigenvalue weighted by Crippen LogP contribution is -2.29. The van der Waals surface area contributed by atoms with Crippen LogP contribution in [0.1, 0.15) is 37.8 Å². The quantitative estimate of drug-likeness (QED) is 0.845. The van der Waals surface area contributed by atoms with Gasteiger partial charge in [0.15, 0.2) is 0 Å². The molecule has 1 aliphatic rings.